The molecule has 0 amide bonds. The molecule has 2 nitrogen and oxygen atoms in total. The van der Waals surface area contributed by atoms with Gasteiger partial charge in [-0.25, -0.2) is 0 Å². The van der Waals surface area contributed by atoms with Crippen molar-refractivity contribution in [3.8, 4) is 5.75 Å². The van der Waals surface area contributed by atoms with E-state index in [0.717, 1.165) is 19.3 Å². The van der Waals surface area contributed by atoms with Crippen molar-refractivity contribution in [1.29, 1.82) is 0 Å². The zero-order chi connectivity index (χ0) is 13.9. The van der Waals surface area contributed by atoms with Crippen LogP contribution >= 0.6 is 0 Å². The number of carbonyl (C=O) groups excluding carboxylic acids is 1. The van der Waals surface area contributed by atoms with Gasteiger partial charge in [-0.3, -0.25) is 4.79 Å². The number of benzene rings is 1. The van der Waals surface area contributed by atoms with E-state index in [2.05, 4.69) is 13.0 Å². The highest BCUT2D eigenvalue weighted by atomic mass is 16.3. The molecule has 1 aromatic carbocycles. The second-order valence-corrected chi connectivity index (χ2v) is 7.41. The normalized spacial score (nSPS) is 39.0. The van der Waals surface area contributed by atoms with Gasteiger partial charge in [0, 0.05) is 12.8 Å². The molecule has 0 spiro atoms. The van der Waals surface area contributed by atoms with E-state index in [1.807, 2.05) is 12.1 Å². The monoisotopic (exact) mass is 270 g/mol. The summed E-state index contributed by atoms with van der Waals surface area (Å²) < 4.78 is 0. The zero-order valence-corrected chi connectivity index (χ0v) is 12.1. The highest BCUT2D eigenvalue weighted by Gasteiger charge is 2.52. The standard InChI is InChI=1S/C18H22O2/c1-18-7-6-15-14-5-3-12(19)8-11(14)2-4-16(15)17(18)9-13(20)10-18/h3,5,8,15-17,19H,2,4,6-7,9-10H2,1H3/t15-,16-,17-,18-/m0/s1. The third-order valence-electron chi connectivity index (χ3n) is 6.28. The molecule has 106 valence electrons. The first-order chi connectivity index (χ1) is 9.57. The molecular weight excluding hydrogens is 248 g/mol. The third kappa shape index (κ3) is 1.66. The maximum Gasteiger partial charge on any atom is 0.133 e. The van der Waals surface area contributed by atoms with Crippen molar-refractivity contribution in [3.63, 3.8) is 0 Å². The van der Waals surface area contributed by atoms with E-state index >= 15 is 0 Å². The fraction of sp³-hybridized carbons (Fsp3) is 0.611. The summed E-state index contributed by atoms with van der Waals surface area (Å²) in [5.41, 5.74) is 3.05. The van der Waals surface area contributed by atoms with Crippen molar-refractivity contribution in [2.24, 2.45) is 17.3 Å². The maximum atomic E-state index is 11.9. The molecule has 1 N–H and O–H groups in total. The van der Waals surface area contributed by atoms with Gasteiger partial charge in [0.1, 0.15) is 11.5 Å². The first kappa shape index (κ1) is 12.4. The number of Topliss-reactive ketones (excluding diaryl/α,β-unsaturated/α-hetero) is 1. The molecule has 0 unspecified atom stereocenters. The molecule has 2 heteroatoms. The van der Waals surface area contributed by atoms with Crippen LogP contribution in [-0.2, 0) is 11.2 Å². The first-order valence-electron chi connectivity index (χ1n) is 7.90. The van der Waals surface area contributed by atoms with Crippen LogP contribution in [0.3, 0.4) is 0 Å². The molecule has 4 atom stereocenters. The van der Waals surface area contributed by atoms with Gasteiger partial charge in [-0.2, -0.15) is 0 Å². The highest BCUT2D eigenvalue weighted by Crippen LogP contribution is 2.60. The summed E-state index contributed by atoms with van der Waals surface area (Å²) in [6.07, 6.45) is 6.27. The van der Waals surface area contributed by atoms with E-state index in [0.29, 0.717) is 29.3 Å². The molecule has 4 rings (SSSR count). The van der Waals surface area contributed by atoms with E-state index in [4.69, 9.17) is 0 Å². The van der Waals surface area contributed by atoms with Crippen LogP contribution in [0.15, 0.2) is 18.2 Å². The van der Waals surface area contributed by atoms with Crippen molar-refractivity contribution >= 4 is 5.78 Å². The summed E-state index contributed by atoms with van der Waals surface area (Å²) >= 11 is 0. The Morgan fingerprint density at radius 3 is 3.00 bits per heavy atom. The number of hydrogen-bond donors (Lipinski definition) is 1. The Bertz CT molecular complexity index is 577. The topological polar surface area (TPSA) is 37.3 Å². The fourth-order valence-electron chi connectivity index (χ4n) is 5.35. The lowest BCUT2D eigenvalue weighted by molar-refractivity contribution is -0.118. The average Bonchev–Trinajstić information content (AvgIpc) is 2.72. The number of phenolic OH excluding ortho intramolecular Hbond substituents is 1. The number of rotatable bonds is 0. The Kier molecular flexibility index (Phi) is 2.55. The Balaban J connectivity index is 1.72. The van der Waals surface area contributed by atoms with Crippen molar-refractivity contribution in [3.05, 3.63) is 29.3 Å². The molecule has 1 aromatic rings. The predicted molar refractivity (Wildman–Crippen MR) is 77.7 cm³/mol. The van der Waals surface area contributed by atoms with Gasteiger partial charge >= 0.3 is 0 Å². The van der Waals surface area contributed by atoms with Crippen molar-refractivity contribution < 1.29 is 9.90 Å². The van der Waals surface area contributed by atoms with Crippen molar-refractivity contribution in [2.75, 3.05) is 0 Å². The van der Waals surface area contributed by atoms with E-state index in [9.17, 15) is 9.90 Å². The third-order valence-corrected chi connectivity index (χ3v) is 6.28. The van der Waals surface area contributed by atoms with Gasteiger partial charge < -0.3 is 5.11 Å². The molecule has 3 aliphatic rings. The molecule has 0 bridgehead atoms. The van der Waals surface area contributed by atoms with Crippen LogP contribution in [0, 0.1) is 17.3 Å². The number of aryl methyl sites for hydroxylation is 1. The lowest BCUT2D eigenvalue weighted by atomic mass is 9.56. The molecule has 3 aliphatic carbocycles. The molecule has 20 heavy (non-hydrogen) atoms. The fourth-order valence-corrected chi connectivity index (χ4v) is 5.35. The Morgan fingerprint density at radius 2 is 2.15 bits per heavy atom. The SMILES string of the molecule is C[C@@]12CC[C@H]3c4ccc(O)cc4CC[C@@H]3[C@@H]1CC(=O)C2. The van der Waals surface area contributed by atoms with E-state index in [-0.39, 0.29) is 5.41 Å². The van der Waals surface area contributed by atoms with Crippen LogP contribution in [0.25, 0.3) is 0 Å². The van der Waals surface area contributed by atoms with Gasteiger partial charge in [0.15, 0.2) is 0 Å². The molecule has 2 fully saturated rings. The summed E-state index contributed by atoms with van der Waals surface area (Å²) in [5, 5.41) is 9.67. The smallest absolute Gasteiger partial charge is 0.133 e. The van der Waals surface area contributed by atoms with Crippen molar-refractivity contribution in [1.82, 2.24) is 0 Å². The highest BCUT2D eigenvalue weighted by molar-refractivity contribution is 5.82. The molecule has 2 saturated carbocycles. The van der Waals surface area contributed by atoms with E-state index in [1.54, 1.807) is 0 Å². The van der Waals surface area contributed by atoms with Gasteiger partial charge in [0.05, 0.1) is 0 Å². The summed E-state index contributed by atoms with van der Waals surface area (Å²) in [7, 11) is 0. The minimum atomic E-state index is 0.271. The van der Waals surface area contributed by atoms with Crippen LogP contribution in [0.4, 0.5) is 0 Å². The van der Waals surface area contributed by atoms with Crippen LogP contribution in [0.2, 0.25) is 0 Å². The summed E-state index contributed by atoms with van der Waals surface area (Å²) in [6, 6.07) is 5.90. The van der Waals surface area contributed by atoms with Crippen LogP contribution < -0.4 is 0 Å². The molecule has 0 aromatic heterocycles. The summed E-state index contributed by atoms with van der Waals surface area (Å²) in [5.74, 6) is 2.75. The molecule has 0 saturated heterocycles. The van der Waals surface area contributed by atoms with E-state index in [1.165, 1.54) is 30.4 Å². The van der Waals surface area contributed by atoms with Crippen LogP contribution in [0.1, 0.15) is 56.1 Å². The quantitative estimate of drug-likeness (QED) is 0.778. The largest absolute Gasteiger partial charge is 0.508 e. The average molecular weight is 270 g/mol. The molecule has 0 radical (unpaired) electrons. The minimum Gasteiger partial charge on any atom is -0.508 e. The second-order valence-electron chi connectivity index (χ2n) is 7.41. The summed E-state index contributed by atoms with van der Waals surface area (Å²) in [6.45, 7) is 2.34. The second kappa shape index (κ2) is 4.09. The predicted octanol–water partition coefficient (Wildman–Crippen LogP) is 3.82. The van der Waals surface area contributed by atoms with E-state index < -0.39 is 0 Å². The number of aromatic hydroxyl groups is 1. The van der Waals surface area contributed by atoms with Crippen LogP contribution in [-0.4, -0.2) is 10.9 Å². The molecule has 0 heterocycles. The Morgan fingerprint density at radius 1 is 1.30 bits per heavy atom. The number of ketones is 1. The first-order valence-corrected chi connectivity index (χ1v) is 7.90. The lowest BCUT2D eigenvalue weighted by Crippen LogP contribution is -2.39. The molecular formula is C18H22O2. The van der Waals surface area contributed by atoms with Gasteiger partial charge in [0.25, 0.3) is 0 Å². The number of phenols is 1. The van der Waals surface area contributed by atoms with Crippen molar-refractivity contribution in [2.45, 2.75) is 51.4 Å². The van der Waals surface area contributed by atoms with Gasteiger partial charge in [-0.05, 0) is 72.1 Å². The number of hydrogen-bond acceptors (Lipinski definition) is 2. The lowest BCUT2D eigenvalue weighted by Gasteiger charge is -2.48. The van der Waals surface area contributed by atoms with Gasteiger partial charge in [-0.15, -0.1) is 0 Å². The Hall–Kier alpha value is -1.31. The van der Waals surface area contributed by atoms with Gasteiger partial charge in [0.2, 0.25) is 0 Å². The Labute approximate surface area is 120 Å². The maximum absolute atomic E-state index is 11.9. The molecule has 0 aliphatic heterocycles. The minimum absolute atomic E-state index is 0.271. The number of fused-ring (bicyclic) bond motifs is 5. The van der Waals surface area contributed by atoms with Crippen LogP contribution in [0.5, 0.6) is 5.75 Å². The van der Waals surface area contributed by atoms with Gasteiger partial charge in [-0.1, -0.05) is 13.0 Å². The number of carbonyl (C=O) groups is 1. The summed E-state index contributed by atoms with van der Waals surface area (Å²) in [4.78, 5) is 11.9. The zero-order valence-electron chi connectivity index (χ0n) is 12.1.